The third kappa shape index (κ3) is 10.5. The van der Waals surface area contributed by atoms with Gasteiger partial charge >= 0.3 is 0 Å². The second-order valence-corrected chi connectivity index (χ2v) is 16.2. The van der Waals surface area contributed by atoms with Gasteiger partial charge < -0.3 is 9.47 Å². The predicted octanol–water partition coefficient (Wildman–Crippen LogP) is 6.86. The van der Waals surface area contributed by atoms with Crippen molar-refractivity contribution in [3.05, 3.63) is 137 Å². The third-order valence-corrected chi connectivity index (χ3v) is 11.9. The number of carbonyl (C=O) groups is 1. The summed E-state index contributed by atoms with van der Waals surface area (Å²) in [6.07, 6.45) is 1.58. The minimum absolute atomic E-state index is 0.00176. The summed E-state index contributed by atoms with van der Waals surface area (Å²) >= 11 is 1.06. The lowest BCUT2D eigenvalue weighted by Crippen LogP contribution is -2.30. The number of nitrogens with one attached hydrogen (secondary N) is 1. The largest absolute Gasteiger partial charge is 0.493 e. The van der Waals surface area contributed by atoms with Gasteiger partial charge in [-0.05, 0) is 76.4 Å². The number of amides is 1. The molecule has 11 heteroatoms. The highest BCUT2D eigenvalue weighted by atomic mass is 32.2. The fourth-order valence-corrected chi connectivity index (χ4v) is 8.43. The van der Waals surface area contributed by atoms with E-state index in [9.17, 15) is 21.6 Å². The first kappa shape index (κ1) is 34.9. The number of thiophene rings is 1. The summed E-state index contributed by atoms with van der Waals surface area (Å²) in [7, 11) is -7.08. The van der Waals surface area contributed by atoms with Gasteiger partial charge in [-0.25, -0.2) is 21.6 Å². The molecule has 0 saturated heterocycles. The van der Waals surface area contributed by atoms with E-state index in [1.54, 1.807) is 35.7 Å². The summed E-state index contributed by atoms with van der Waals surface area (Å²) in [5.41, 5.74) is 4.60. The molecule has 0 fully saturated rings. The maximum absolute atomic E-state index is 12.6. The molecule has 5 rings (SSSR count). The summed E-state index contributed by atoms with van der Waals surface area (Å²) in [5, 5.41) is 1.65. The second-order valence-electron chi connectivity index (χ2n) is 11.2. The van der Waals surface area contributed by atoms with E-state index in [0.29, 0.717) is 44.0 Å². The number of aryl methyl sites for hydroxylation is 2. The molecule has 8 nitrogen and oxygen atoms in total. The van der Waals surface area contributed by atoms with Crippen LogP contribution in [0.25, 0.3) is 11.1 Å². The van der Waals surface area contributed by atoms with E-state index < -0.39 is 25.8 Å². The number of carbonyl (C=O) groups excluding carboxylic acids is 1. The highest BCUT2D eigenvalue weighted by Gasteiger charge is 2.19. The monoisotopic (exact) mass is 703 g/mol. The normalized spacial score (nSPS) is 11.6. The van der Waals surface area contributed by atoms with Crippen LogP contribution in [-0.4, -0.2) is 41.7 Å². The van der Waals surface area contributed by atoms with Crippen LogP contribution in [0.15, 0.2) is 125 Å². The highest BCUT2D eigenvalue weighted by Crippen LogP contribution is 2.27. The Morgan fingerprint density at radius 1 is 0.667 bits per heavy atom. The number of rotatable bonds is 17. The number of sulfone groups is 1. The van der Waals surface area contributed by atoms with Gasteiger partial charge in [-0.2, -0.15) is 0 Å². The molecule has 1 heterocycles. The molecule has 5 aromatic rings. The van der Waals surface area contributed by atoms with Crippen LogP contribution in [0, 0.1) is 0 Å². The zero-order chi connectivity index (χ0) is 33.8. The molecule has 0 aliphatic rings. The molecule has 48 heavy (non-hydrogen) atoms. The van der Waals surface area contributed by atoms with Crippen molar-refractivity contribution in [2.75, 3.05) is 19.0 Å². The fraction of sp³-hybridized carbons (Fsp3) is 0.216. The van der Waals surface area contributed by atoms with Crippen LogP contribution in [-0.2, 0) is 43.2 Å². The average molecular weight is 704 g/mol. The average Bonchev–Trinajstić information content (AvgIpc) is 3.65. The van der Waals surface area contributed by atoms with Gasteiger partial charge in [0.05, 0.1) is 24.7 Å². The molecule has 4 aromatic carbocycles. The highest BCUT2D eigenvalue weighted by molar-refractivity contribution is 7.92. The van der Waals surface area contributed by atoms with Crippen molar-refractivity contribution in [1.82, 2.24) is 4.72 Å². The molecule has 0 unspecified atom stereocenters. The Balaban J connectivity index is 1.03. The molecule has 0 atom stereocenters. The SMILES string of the molecule is O=C(CCc1ccccc1-c1ccc(OCCCOc2ccc(CS(=O)(=O)CCc3ccccc3)cc2)cc1)NS(=O)(=O)c1cccs1. The number of benzene rings is 4. The Kier molecular flexibility index (Phi) is 12.1. The van der Waals surface area contributed by atoms with Crippen LogP contribution < -0.4 is 14.2 Å². The van der Waals surface area contributed by atoms with Gasteiger partial charge in [0.15, 0.2) is 9.84 Å². The second kappa shape index (κ2) is 16.6. The summed E-state index contributed by atoms with van der Waals surface area (Å²) in [6, 6.07) is 35.3. The van der Waals surface area contributed by atoms with E-state index in [4.69, 9.17) is 9.47 Å². The molecular formula is C37H37NO7S3. The molecule has 250 valence electrons. The molecule has 0 saturated carbocycles. The van der Waals surface area contributed by atoms with Crippen LogP contribution in [0.4, 0.5) is 0 Å². The van der Waals surface area contributed by atoms with Gasteiger partial charge in [0.2, 0.25) is 5.91 Å². The Morgan fingerprint density at radius 2 is 1.31 bits per heavy atom. The lowest BCUT2D eigenvalue weighted by molar-refractivity contribution is -0.119. The predicted molar refractivity (Wildman–Crippen MR) is 190 cm³/mol. The number of ether oxygens (including phenoxy) is 2. The van der Waals surface area contributed by atoms with E-state index in [1.165, 1.54) is 6.07 Å². The van der Waals surface area contributed by atoms with Crippen molar-refractivity contribution in [2.45, 2.75) is 35.6 Å². The van der Waals surface area contributed by atoms with Crippen molar-refractivity contribution < 1.29 is 31.1 Å². The maximum Gasteiger partial charge on any atom is 0.273 e. The molecule has 1 aromatic heterocycles. The van der Waals surface area contributed by atoms with E-state index >= 15 is 0 Å². The molecule has 0 spiro atoms. The lowest BCUT2D eigenvalue weighted by atomic mass is 9.96. The van der Waals surface area contributed by atoms with Gasteiger partial charge in [0.1, 0.15) is 15.7 Å². The first-order chi connectivity index (χ1) is 23.2. The zero-order valence-corrected chi connectivity index (χ0v) is 28.7. The Hall–Kier alpha value is -4.45. The van der Waals surface area contributed by atoms with Crippen molar-refractivity contribution in [1.29, 1.82) is 0 Å². The van der Waals surface area contributed by atoms with Gasteiger partial charge in [0, 0.05) is 12.8 Å². The van der Waals surface area contributed by atoms with Crippen LogP contribution in [0.3, 0.4) is 0 Å². The molecular weight excluding hydrogens is 667 g/mol. The molecule has 1 amide bonds. The smallest absolute Gasteiger partial charge is 0.273 e. The minimum Gasteiger partial charge on any atom is -0.493 e. The first-order valence-electron chi connectivity index (χ1n) is 15.5. The first-order valence-corrected chi connectivity index (χ1v) is 19.7. The topological polar surface area (TPSA) is 116 Å². The summed E-state index contributed by atoms with van der Waals surface area (Å²) in [5.74, 6) is 0.942. The van der Waals surface area contributed by atoms with E-state index in [2.05, 4.69) is 4.72 Å². The zero-order valence-electron chi connectivity index (χ0n) is 26.3. The maximum atomic E-state index is 12.6. The summed E-state index contributed by atoms with van der Waals surface area (Å²) < 4.78 is 63.8. The third-order valence-electron chi connectivity index (χ3n) is 7.49. The molecule has 1 N–H and O–H groups in total. The van der Waals surface area contributed by atoms with Crippen LogP contribution in [0.1, 0.15) is 29.5 Å². The van der Waals surface area contributed by atoms with Crippen molar-refractivity contribution in [3.8, 4) is 22.6 Å². The van der Waals surface area contributed by atoms with Crippen LogP contribution >= 0.6 is 11.3 Å². The van der Waals surface area contributed by atoms with Crippen LogP contribution in [0.5, 0.6) is 11.5 Å². The molecule has 0 aliphatic carbocycles. The van der Waals surface area contributed by atoms with Crippen molar-refractivity contribution in [3.63, 3.8) is 0 Å². The van der Waals surface area contributed by atoms with Crippen molar-refractivity contribution in [2.24, 2.45) is 0 Å². The standard InChI is InChI=1S/C37H37NO7S3/c39-36(38-48(42,43)37-12-6-26-46-37)22-17-31-10-4-5-11-35(31)32-15-20-34(21-16-32)45-25-7-24-44-33-18-13-30(14-19-33)28-47(40,41)27-23-29-8-2-1-3-9-29/h1-6,8-16,18-21,26H,7,17,22-25,27-28H2,(H,38,39). The Bertz CT molecular complexity index is 1980. The van der Waals surface area contributed by atoms with Crippen LogP contribution in [0.2, 0.25) is 0 Å². The quantitative estimate of drug-likeness (QED) is 0.105. The van der Waals surface area contributed by atoms with Gasteiger partial charge in [-0.1, -0.05) is 84.9 Å². The van der Waals surface area contributed by atoms with E-state index in [-0.39, 0.29) is 22.1 Å². The van der Waals surface area contributed by atoms with E-state index in [0.717, 1.165) is 39.2 Å². The van der Waals surface area contributed by atoms with Gasteiger partial charge in [-0.3, -0.25) is 4.79 Å². The molecule has 0 bridgehead atoms. The number of sulfonamides is 1. The summed E-state index contributed by atoms with van der Waals surface area (Å²) in [4.78, 5) is 12.4. The Morgan fingerprint density at radius 3 is 1.98 bits per heavy atom. The molecule has 0 radical (unpaired) electrons. The minimum atomic E-state index is -3.85. The summed E-state index contributed by atoms with van der Waals surface area (Å²) in [6.45, 7) is 0.902. The Labute approximate surface area is 286 Å². The number of hydrogen-bond acceptors (Lipinski definition) is 8. The fourth-order valence-electron chi connectivity index (χ4n) is 5.03. The lowest BCUT2D eigenvalue weighted by Gasteiger charge is -2.12. The number of hydrogen-bond donors (Lipinski definition) is 1. The van der Waals surface area contributed by atoms with E-state index in [1.807, 2.05) is 78.9 Å². The van der Waals surface area contributed by atoms with Gasteiger partial charge in [-0.15, -0.1) is 11.3 Å². The molecule has 0 aliphatic heterocycles. The van der Waals surface area contributed by atoms with Gasteiger partial charge in [0.25, 0.3) is 10.0 Å². The van der Waals surface area contributed by atoms with Crippen molar-refractivity contribution >= 4 is 37.1 Å².